The molecule has 0 amide bonds. The lowest BCUT2D eigenvalue weighted by molar-refractivity contribution is 1.33. The molecular formula is C21H21NS. The molecule has 0 N–H and O–H groups in total. The quantitative estimate of drug-likeness (QED) is 0.376. The Hall–Kier alpha value is -2.71. The minimum atomic E-state index is 1.71. The van der Waals surface area contributed by atoms with Gasteiger partial charge in [0.25, 0.3) is 0 Å². The molecule has 0 spiro atoms. The van der Waals surface area contributed by atoms with Crippen molar-refractivity contribution in [1.29, 1.82) is 0 Å². The molecule has 1 nitrogen and oxygen atoms in total. The summed E-state index contributed by atoms with van der Waals surface area (Å²) in [6.07, 6.45) is 3.50. The average molecular weight is 319 g/mol. The summed E-state index contributed by atoms with van der Waals surface area (Å²) in [6, 6.07) is 33.8. The van der Waals surface area contributed by atoms with Gasteiger partial charge in [-0.05, 0) is 22.9 Å². The van der Waals surface area contributed by atoms with E-state index in [0.717, 1.165) is 0 Å². The van der Waals surface area contributed by atoms with E-state index in [1.54, 1.807) is 23.7 Å². The molecule has 0 radical (unpaired) electrons. The van der Waals surface area contributed by atoms with Crippen LogP contribution < -0.4 is 0 Å². The molecule has 0 unspecified atom stereocenters. The number of rotatable bonds is 0. The first-order valence-corrected chi connectivity index (χ1v) is 8.26. The molecule has 0 saturated carbocycles. The van der Waals surface area contributed by atoms with Gasteiger partial charge in [0, 0.05) is 12.4 Å². The maximum atomic E-state index is 3.78. The van der Waals surface area contributed by atoms with Gasteiger partial charge in [-0.1, -0.05) is 91.0 Å². The Morgan fingerprint density at radius 3 is 0.783 bits per heavy atom. The van der Waals surface area contributed by atoms with Crippen LogP contribution >= 0.6 is 11.3 Å². The van der Waals surface area contributed by atoms with Crippen LogP contribution in [0, 0.1) is 0 Å². The maximum absolute atomic E-state index is 3.78. The van der Waals surface area contributed by atoms with E-state index in [2.05, 4.69) is 4.98 Å². The van der Waals surface area contributed by atoms with Crippen LogP contribution in [-0.4, -0.2) is 4.98 Å². The van der Waals surface area contributed by atoms with Crippen molar-refractivity contribution in [2.45, 2.75) is 0 Å². The highest BCUT2D eigenvalue weighted by atomic mass is 32.1. The second-order valence-electron chi connectivity index (χ2n) is 4.13. The maximum Gasteiger partial charge on any atom is 0.0267 e. The first-order valence-electron chi connectivity index (χ1n) is 7.32. The van der Waals surface area contributed by atoms with Crippen molar-refractivity contribution in [3.8, 4) is 0 Å². The molecule has 116 valence electrons. The molecule has 2 heterocycles. The van der Waals surface area contributed by atoms with Crippen molar-refractivity contribution < 1.29 is 0 Å². The molecule has 4 rings (SSSR count). The van der Waals surface area contributed by atoms with Crippen LogP contribution in [-0.2, 0) is 0 Å². The smallest absolute Gasteiger partial charge is 0.0267 e. The molecule has 0 aliphatic heterocycles. The number of hydrogen-bond acceptors (Lipinski definition) is 2. The zero-order chi connectivity index (χ0) is 16.3. The number of thiophene rings is 1. The lowest BCUT2D eigenvalue weighted by atomic mass is 10.4. The number of nitrogens with zero attached hydrogens (tertiary/aromatic N) is 1. The molecule has 2 heteroatoms. The molecular weight excluding hydrogens is 298 g/mol. The topological polar surface area (TPSA) is 12.9 Å². The SMILES string of the molecule is c1ccccc1.c1ccccc1.c1ccncc1.c1ccsc1. The summed E-state index contributed by atoms with van der Waals surface area (Å²) in [7, 11) is 0. The first-order chi connectivity index (χ1) is 11.5. The molecule has 23 heavy (non-hydrogen) atoms. The van der Waals surface area contributed by atoms with Crippen LogP contribution in [0.4, 0.5) is 0 Å². The zero-order valence-electron chi connectivity index (χ0n) is 13.0. The predicted octanol–water partition coefficient (Wildman–Crippen LogP) is 6.20. The molecule has 2 aromatic carbocycles. The van der Waals surface area contributed by atoms with Crippen LogP contribution in [0.5, 0.6) is 0 Å². The lowest BCUT2D eigenvalue weighted by Gasteiger charge is -1.70. The van der Waals surface area contributed by atoms with Crippen molar-refractivity contribution in [3.63, 3.8) is 0 Å². The summed E-state index contributed by atoms with van der Waals surface area (Å²) in [5.74, 6) is 0. The third-order valence-electron chi connectivity index (χ3n) is 2.33. The summed E-state index contributed by atoms with van der Waals surface area (Å²) >= 11 is 1.71. The van der Waals surface area contributed by atoms with Crippen molar-refractivity contribution in [2.75, 3.05) is 0 Å². The summed E-state index contributed by atoms with van der Waals surface area (Å²) < 4.78 is 0. The number of benzene rings is 2. The Balaban J connectivity index is 0.000000154. The van der Waals surface area contributed by atoms with E-state index in [0.29, 0.717) is 0 Å². The van der Waals surface area contributed by atoms with Crippen molar-refractivity contribution in [3.05, 3.63) is 126 Å². The highest BCUT2D eigenvalue weighted by molar-refractivity contribution is 7.07. The first kappa shape index (κ1) is 18.3. The van der Waals surface area contributed by atoms with Gasteiger partial charge >= 0.3 is 0 Å². The summed E-state index contributed by atoms with van der Waals surface area (Å²) in [4.78, 5) is 3.78. The van der Waals surface area contributed by atoms with Crippen LogP contribution in [0.15, 0.2) is 126 Å². The predicted molar refractivity (Wildman–Crippen MR) is 101 cm³/mol. The van der Waals surface area contributed by atoms with E-state index in [4.69, 9.17) is 0 Å². The third-order valence-corrected chi connectivity index (χ3v) is 2.95. The highest BCUT2D eigenvalue weighted by Crippen LogP contribution is 1.91. The number of pyridine rings is 1. The van der Waals surface area contributed by atoms with Gasteiger partial charge in [-0.3, -0.25) is 4.98 Å². The monoisotopic (exact) mass is 319 g/mol. The van der Waals surface area contributed by atoms with Gasteiger partial charge in [0.1, 0.15) is 0 Å². The third kappa shape index (κ3) is 14.0. The molecule has 0 saturated heterocycles. The Morgan fingerprint density at radius 2 is 0.652 bits per heavy atom. The van der Waals surface area contributed by atoms with Crippen LogP contribution in [0.2, 0.25) is 0 Å². The van der Waals surface area contributed by atoms with E-state index in [9.17, 15) is 0 Å². The van der Waals surface area contributed by atoms with E-state index in [1.165, 1.54) is 0 Å². The van der Waals surface area contributed by atoms with Crippen molar-refractivity contribution >= 4 is 11.3 Å². The zero-order valence-corrected chi connectivity index (χ0v) is 13.8. The largest absolute Gasteiger partial charge is 0.265 e. The molecule has 4 aromatic rings. The van der Waals surface area contributed by atoms with Gasteiger partial charge in [-0.15, -0.1) is 0 Å². The van der Waals surface area contributed by atoms with Gasteiger partial charge in [-0.2, -0.15) is 11.3 Å². The molecule has 0 aliphatic carbocycles. The molecule has 0 atom stereocenters. The minimum Gasteiger partial charge on any atom is -0.265 e. The highest BCUT2D eigenvalue weighted by Gasteiger charge is 1.59. The van der Waals surface area contributed by atoms with Gasteiger partial charge < -0.3 is 0 Å². The van der Waals surface area contributed by atoms with Gasteiger partial charge in [0.2, 0.25) is 0 Å². The van der Waals surface area contributed by atoms with Crippen LogP contribution in [0.25, 0.3) is 0 Å². The Kier molecular flexibility index (Phi) is 12.5. The van der Waals surface area contributed by atoms with E-state index < -0.39 is 0 Å². The molecule has 0 fully saturated rings. The van der Waals surface area contributed by atoms with Crippen molar-refractivity contribution in [1.82, 2.24) is 4.98 Å². The van der Waals surface area contributed by atoms with E-state index in [1.807, 2.05) is 114 Å². The summed E-state index contributed by atoms with van der Waals surface area (Å²) in [5.41, 5.74) is 0. The summed E-state index contributed by atoms with van der Waals surface area (Å²) in [6.45, 7) is 0. The molecule has 2 aromatic heterocycles. The Labute approximate surface area is 142 Å². The van der Waals surface area contributed by atoms with E-state index >= 15 is 0 Å². The van der Waals surface area contributed by atoms with E-state index in [-0.39, 0.29) is 0 Å². The number of hydrogen-bond donors (Lipinski definition) is 0. The van der Waals surface area contributed by atoms with Crippen molar-refractivity contribution in [2.24, 2.45) is 0 Å². The van der Waals surface area contributed by atoms with Gasteiger partial charge in [-0.25, -0.2) is 0 Å². The fourth-order valence-electron chi connectivity index (χ4n) is 1.31. The fraction of sp³-hybridized carbons (Fsp3) is 0. The molecule has 0 aliphatic rings. The summed E-state index contributed by atoms with van der Waals surface area (Å²) in [5, 5.41) is 4.08. The second-order valence-corrected chi connectivity index (χ2v) is 4.94. The average Bonchev–Trinajstić information content (AvgIpc) is 3.27. The Morgan fingerprint density at radius 1 is 0.348 bits per heavy atom. The lowest BCUT2D eigenvalue weighted by Crippen LogP contribution is -1.58. The minimum absolute atomic E-state index is 1.71. The van der Waals surface area contributed by atoms with Crippen LogP contribution in [0.1, 0.15) is 0 Å². The number of aromatic nitrogens is 1. The normalized spacial score (nSPS) is 8.00. The fourth-order valence-corrected chi connectivity index (χ4v) is 1.76. The second kappa shape index (κ2) is 15.7. The van der Waals surface area contributed by atoms with Gasteiger partial charge in [0.05, 0.1) is 0 Å². The Bertz CT molecular complexity index is 450. The van der Waals surface area contributed by atoms with Crippen LogP contribution in [0.3, 0.4) is 0 Å². The van der Waals surface area contributed by atoms with Gasteiger partial charge in [0.15, 0.2) is 0 Å². The molecule has 0 bridgehead atoms. The standard InChI is InChI=1S/2C6H6.C5H5N.C4H4S/c3*1-2-4-6-5-3-1;1-2-4-5-3-1/h2*1-6H;1-5H;1-4H.